The van der Waals surface area contributed by atoms with Gasteiger partial charge in [0.15, 0.2) is 5.79 Å². The molecule has 0 spiro atoms. The van der Waals surface area contributed by atoms with E-state index < -0.39 is 0 Å². The molecule has 2 fully saturated rings. The lowest BCUT2D eigenvalue weighted by atomic mass is 9.97. The normalized spacial score (nSPS) is 29.2. The summed E-state index contributed by atoms with van der Waals surface area (Å²) in [5.41, 5.74) is 0. The van der Waals surface area contributed by atoms with Crippen LogP contribution in [0.5, 0.6) is 0 Å². The van der Waals surface area contributed by atoms with Gasteiger partial charge in [0.2, 0.25) is 0 Å². The number of rotatable bonds is 2. The molecule has 0 N–H and O–H groups in total. The van der Waals surface area contributed by atoms with Gasteiger partial charge >= 0.3 is 0 Å². The van der Waals surface area contributed by atoms with Gasteiger partial charge in [0, 0.05) is 11.8 Å². The Hall–Kier alpha value is -0.0800. The van der Waals surface area contributed by atoms with Crippen LogP contribution in [0, 0.1) is 11.8 Å². The molecule has 1 aliphatic carbocycles. The van der Waals surface area contributed by atoms with Crippen LogP contribution in [0.15, 0.2) is 0 Å². The SMILES string of the molecule is CC(C)C1(C2CC2)OCCCO1. The van der Waals surface area contributed by atoms with Gasteiger partial charge in [-0.05, 0) is 19.3 Å². The molecule has 0 bridgehead atoms. The second kappa shape index (κ2) is 3.00. The van der Waals surface area contributed by atoms with E-state index in [2.05, 4.69) is 13.8 Å². The van der Waals surface area contributed by atoms with Crippen molar-refractivity contribution in [3.05, 3.63) is 0 Å². The zero-order chi connectivity index (χ0) is 8.60. The highest BCUT2D eigenvalue weighted by atomic mass is 16.7. The first kappa shape index (κ1) is 8.52. The fourth-order valence-corrected chi connectivity index (χ4v) is 2.09. The molecule has 12 heavy (non-hydrogen) atoms. The molecule has 1 saturated carbocycles. The highest BCUT2D eigenvalue weighted by Crippen LogP contribution is 2.47. The summed E-state index contributed by atoms with van der Waals surface area (Å²) in [6.07, 6.45) is 3.64. The predicted octanol–water partition coefficient (Wildman–Crippen LogP) is 2.19. The molecule has 1 aliphatic heterocycles. The zero-order valence-electron chi connectivity index (χ0n) is 8.01. The number of hydrogen-bond donors (Lipinski definition) is 0. The van der Waals surface area contributed by atoms with E-state index in [1.165, 1.54) is 12.8 Å². The minimum Gasteiger partial charge on any atom is -0.349 e. The maximum absolute atomic E-state index is 5.83. The second-order valence-electron chi connectivity index (χ2n) is 4.20. The maximum Gasteiger partial charge on any atom is 0.173 e. The van der Waals surface area contributed by atoms with Gasteiger partial charge < -0.3 is 9.47 Å². The Kier molecular flexibility index (Phi) is 2.13. The highest BCUT2D eigenvalue weighted by Gasteiger charge is 2.50. The van der Waals surface area contributed by atoms with Crippen molar-refractivity contribution in [1.82, 2.24) is 0 Å². The summed E-state index contributed by atoms with van der Waals surface area (Å²) in [4.78, 5) is 0. The van der Waals surface area contributed by atoms with E-state index in [1.807, 2.05) is 0 Å². The summed E-state index contributed by atoms with van der Waals surface area (Å²) < 4.78 is 11.7. The number of hydrogen-bond acceptors (Lipinski definition) is 2. The average molecular weight is 170 g/mol. The summed E-state index contributed by atoms with van der Waals surface area (Å²) in [7, 11) is 0. The molecule has 1 saturated heterocycles. The van der Waals surface area contributed by atoms with Crippen LogP contribution in [0.1, 0.15) is 33.1 Å². The Morgan fingerprint density at radius 1 is 1.17 bits per heavy atom. The van der Waals surface area contributed by atoms with Gasteiger partial charge in [0.25, 0.3) is 0 Å². The molecule has 0 radical (unpaired) electrons. The third kappa shape index (κ3) is 1.27. The first-order valence-corrected chi connectivity index (χ1v) is 5.03. The van der Waals surface area contributed by atoms with Gasteiger partial charge in [0.05, 0.1) is 13.2 Å². The fourth-order valence-electron chi connectivity index (χ4n) is 2.09. The summed E-state index contributed by atoms with van der Waals surface area (Å²) in [6, 6.07) is 0. The molecule has 0 aromatic heterocycles. The topological polar surface area (TPSA) is 18.5 Å². The minimum absolute atomic E-state index is 0.210. The highest BCUT2D eigenvalue weighted by molar-refractivity contribution is 4.92. The van der Waals surface area contributed by atoms with Crippen LogP contribution in [0.2, 0.25) is 0 Å². The molecule has 0 atom stereocenters. The Bertz CT molecular complexity index is 151. The molecule has 0 unspecified atom stereocenters. The monoisotopic (exact) mass is 170 g/mol. The van der Waals surface area contributed by atoms with Gasteiger partial charge in [-0.15, -0.1) is 0 Å². The van der Waals surface area contributed by atoms with Crippen LogP contribution >= 0.6 is 0 Å². The third-order valence-corrected chi connectivity index (χ3v) is 2.90. The average Bonchev–Trinajstić information content (AvgIpc) is 2.88. The quantitative estimate of drug-likeness (QED) is 0.632. The smallest absolute Gasteiger partial charge is 0.173 e. The number of ether oxygens (including phenoxy) is 2. The first-order chi connectivity index (χ1) is 5.76. The van der Waals surface area contributed by atoms with Crippen molar-refractivity contribution in [1.29, 1.82) is 0 Å². The van der Waals surface area contributed by atoms with Crippen molar-refractivity contribution in [2.45, 2.75) is 38.9 Å². The summed E-state index contributed by atoms with van der Waals surface area (Å²) in [5, 5.41) is 0. The lowest BCUT2D eigenvalue weighted by molar-refractivity contribution is -0.300. The van der Waals surface area contributed by atoms with Gasteiger partial charge in [-0.3, -0.25) is 0 Å². The largest absolute Gasteiger partial charge is 0.349 e. The molecule has 70 valence electrons. The van der Waals surface area contributed by atoms with Crippen LogP contribution in [-0.4, -0.2) is 19.0 Å². The Morgan fingerprint density at radius 2 is 1.75 bits per heavy atom. The van der Waals surface area contributed by atoms with Crippen LogP contribution in [-0.2, 0) is 9.47 Å². The van der Waals surface area contributed by atoms with E-state index >= 15 is 0 Å². The Balaban J connectivity index is 2.08. The summed E-state index contributed by atoms with van der Waals surface area (Å²) in [5.74, 6) is 0.959. The Morgan fingerprint density at radius 3 is 2.17 bits per heavy atom. The Labute approximate surface area is 74.2 Å². The lowest BCUT2D eigenvalue weighted by Crippen LogP contribution is -2.47. The van der Waals surface area contributed by atoms with Crippen LogP contribution < -0.4 is 0 Å². The summed E-state index contributed by atoms with van der Waals surface area (Å²) >= 11 is 0. The van der Waals surface area contributed by atoms with Crippen molar-refractivity contribution in [3.63, 3.8) is 0 Å². The van der Waals surface area contributed by atoms with E-state index in [0.717, 1.165) is 19.6 Å². The van der Waals surface area contributed by atoms with E-state index in [9.17, 15) is 0 Å². The maximum atomic E-state index is 5.83. The zero-order valence-corrected chi connectivity index (χ0v) is 8.01. The van der Waals surface area contributed by atoms with Crippen LogP contribution in [0.25, 0.3) is 0 Å². The van der Waals surface area contributed by atoms with Crippen LogP contribution in [0.4, 0.5) is 0 Å². The van der Waals surface area contributed by atoms with Crippen LogP contribution in [0.3, 0.4) is 0 Å². The summed E-state index contributed by atoms with van der Waals surface area (Å²) in [6.45, 7) is 6.16. The molecule has 0 aromatic carbocycles. The first-order valence-electron chi connectivity index (χ1n) is 5.03. The molecular weight excluding hydrogens is 152 g/mol. The molecule has 2 rings (SSSR count). The molecule has 2 aliphatic rings. The van der Waals surface area contributed by atoms with E-state index in [-0.39, 0.29) is 5.79 Å². The molecule has 0 amide bonds. The van der Waals surface area contributed by atoms with E-state index in [1.54, 1.807) is 0 Å². The predicted molar refractivity (Wildman–Crippen MR) is 46.8 cm³/mol. The van der Waals surface area contributed by atoms with E-state index in [0.29, 0.717) is 11.8 Å². The van der Waals surface area contributed by atoms with Gasteiger partial charge in [-0.25, -0.2) is 0 Å². The van der Waals surface area contributed by atoms with Crippen molar-refractivity contribution in [2.24, 2.45) is 11.8 Å². The lowest BCUT2D eigenvalue weighted by Gasteiger charge is -2.40. The second-order valence-corrected chi connectivity index (χ2v) is 4.20. The molecule has 1 heterocycles. The van der Waals surface area contributed by atoms with Gasteiger partial charge in [-0.1, -0.05) is 13.8 Å². The van der Waals surface area contributed by atoms with Gasteiger partial charge in [-0.2, -0.15) is 0 Å². The third-order valence-electron chi connectivity index (χ3n) is 2.90. The van der Waals surface area contributed by atoms with Crippen molar-refractivity contribution in [2.75, 3.05) is 13.2 Å². The molecule has 2 nitrogen and oxygen atoms in total. The molecular formula is C10H18O2. The minimum atomic E-state index is -0.210. The molecule has 2 heteroatoms. The molecule has 0 aromatic rings. The van der Waals surface area contributed by atoms with Crippen molar-refractivity contribution in [3.8, 4) is 0 Å². The van der Waals surface area contributed by atoms with Crippen molar-refractivity contribution >= 4 is 0 Å². The van der Waals surface area contributed by atoms with E-state index in [4.69, 9.17) is 9.47 Å². The fraction of sp³-hybridized carbons (Fsp3) is 1.00. The van der Waals surface area contributed by atoms with Gasteiger partial charge in [0.1, 0.15) is 0 Å². The standard InChI is InChI=1S/C10H18O2/c1-8(2)10(9-4-5-9)11-6-3-7-12-10/h8-9H,3-7H2,1-2H3. The van der Waals surface area contributed by atoms with Crippen molar-refractivity contribution < 1.29 is 9.47 Å².